The molecule has 3 aromatic carbocycles. The molecule has 36 heavy (non-hydrogen) atoms. The van der Waals surface area contributed by atoms with Crippen molar-refractivity contribution in [1.29, 1.82) is 0 Å². The molecule has 1 aliphatic rings. The second kappa shape index (κ2) is 11.2. The predicted molar refractivity (Wildman–Crippen MR) is 146 cm³/mol. The van der Waals surface area contributed by atoms with E-state index in [1.54, 1.807) is 42.5 Å². The van der Waals surface area contributed by atoms with Crippen molar-refractivity contribution in [3.8, 4) is 11.5 Å². The van der Waals surface area contributed by atoms with E-state index in [1.165, 1.54) is 7.11 Å². The van der Waals surface area contributed by atoms with E-state index in [0.29, 0.717) is 37.9 Å². The van der Waals surface area contributed by atoms with Crippen LogP contribution in [0, 0.1) is 6.92 Å². The van der Waals surface area contributed by atoms with Gasteiger partial charge < -0.3 is 14.8 Å². The zero-order valence-electron chi connectivity index (χ0n) is 19.2. The topological polar surface area (TPSA) is 84.9 Å². The molecule has 1 saturated heterocycles. The number of halogens is 2. The average Bonchev–Trinajstić information content (AvgIpc) is 3.12. The van der Waals surface area contributed by atoms with Gasteiger partial charge in [0.15, 0.2) is 18.1 Å². The van der Waals surface area contributed by atoms with Gasteiger partial charge in [-0.25, -0.2) is 4.90 Å². The molecule has 1 heterocycles. The van der Waals surface area contributed by atoms with E-state index in [4.69, 9.17) is 21.1 Å². The van der Waals surface area contributed by atoms with Crippen LogP contribution in [-0.2, 0) is 9.59 Å². The first-order valence-electron chi connectivity index (χ1n) is 10.7. The van der Waals surface area contributed by atoms with Crippen LogP contribution in [0.25, 0.3) is 6.08 Å². The van der Waals surface area contributed by atoms with E-state index in [-0.39, 0.29) is 17.4 Å². The first-order valence-corrected chi connectivity index (χ1v) is 12.6. The zero-order chi connectivity index (χ0) is 25.8. The Morgan fingerprint density at radius 2 is 1.81 bits per heavy atom. The lowest BCUT2D eigenvalue weighted by Crippen LogP contribution is -2.27. The van der Waals surface area contributed by atoms with Gasteiger partial charge in [-0.05, 0) is 94.8 Å². The zero-order valence-corrected chi connectivity index (χ0v) is 22.4. The molecule has 3 amide bonds. The Kier molecular flexibility index (Phi) is 8.03. The normalized spacial score (nSPS) is 14.3. The molecule has 0 spiro atoms. The number of hydrogen-bond donors (Lipinski definition) is 1. The van der Waals surface area contributed by atoms with Gasteiger partial charge in [0.05, 0.1) is 22.2 Å². The van der Waals surface area contributed by atoms with Crippen LogP contribution in [-0.4, -0.2) is 30.8 Å². The number of ether oxygens (including phenoxy) is 2. The minimum Gasteiger partial charge on any atom is -0.493 e. The summed E-state index contributed by atoms with van der Waals surface area (Å²) in [6.45, 7) is 1.73. The fourth-order valence-corrected chi connectivity index (χ4v) is 4.91. The highest BCUT2D eigenvalue weighted by Gasteiger charge is 2.36. The van der Waals surface area contributed by atoms with Gasteiger partial charge in [0, 0.05) is 10.7 Å². The highest BCUT2D eigenvalue weighted by molar-refractivity contribution is 9.10. The quantitative estimate of drug-likeness (QED) is 0.311. The number of benzene rings is 3. The van der Waals surface area contributed by atoms with Gasteiger partial charge in [0.25, 0.3) is 17.1 Å². The first-order chi connectivity index (χ1) is 17.2. The Balaban J connectivity index is 1.49. The highest BCUT2D eigenvalue weighted by Crippen LogP contribution is 2.40. The van der Waals surface area contributed by atoms with Crippen LogP contribution in [0.4, 0.5) is 16.2 Å². The summed E-state index contributed by atoms with van der Waals surface area (Å²) in [4.78, 5) is 39.1. The first kappa shape index (κ1) is 25.8. The molecule has 0 bridgehead atoms. The van der Waals surface area contributed by atoms with E-state index in [1.807, 2.05) is 31.2 Å². The van der Waals surface area contributed by atoms with Crippen molar-refractivity contribution in [3.05, 3.63) is 86.2 Å². The van der Waals surface area contributed by atoms with Crippen LogP contribution in [0.5, 0.6) is 11.5 Å². The standard InChI is InChI=1S/C26H20BrClN2O5S/c1-15-3-7-18(8-4-15)29-23(31)14-35-24-20(27)11-16(12-21(24)34-2)13-22-25(32)30(26(33)36-22)19-9-5-17(28)6-10-19/h3-13H,14H2,1-2H3,(H,29,31)/b22-13+. The molecule has 1 N–H and O–H groups in total. The number of amides is 3. The lowest BCUT2D eigenvalue weighted by molar-refractivity contribution is -0.118. The number of aryl methyl sites for hydroxylation is 1. The molecule has 1 aliphatic heterocycles. The Morgan fingerprint density at radius 1 is 1.11 bits per heavy atom. The van der Waals surface area contributed by atoms with E-state index in [9.17, 15) is 14.4 Å². The molecule has 0 saturated carbocycles. The summed E-state index contributed by atoms with van der Waals surface area (Å²) in [5.74, 6) is -0.0677. The van der Waals surface area contributed by atoms with Gasteiger partial charge in [-0.1, -0.05) is 29.3 Å². The van der Waals surface area contributed by atoms with Gasteiger partial charge in [-0.3, -0.25) is 14.4 Å². The number of hydrogen-bond acceptors (Lipinski definition) is 6. The maximum absolute atomic E-state index is 12.9. The smallest absolute Gasteiger partial charge is 0.298 e. The fraction of sp³-hybridized carbons (Fsp3) is 0.115. The predicted octanol–water partition coefficient (Wildman–Crippen LogP) is 6.68. The van der Waals surface area contributed by atoms with Crippen molar-refractivity contribution >= 4 is 73.8 Å². The molecule has 4 rings (SSSR count). The third-order valence-corrected chi connectivity index (χ3v) is 6.82. The van der Waals surface area contributed by atoms with Crippen molar-refractivity contribution in [2.45, 2.75) is 6.92 Å². The number of thioether (sulfide) groups is 1. The SMILES string of the molecule is COc1cc(/C=C2/SC(=O)N(c3ccc(Cl)cc3)C2=O)cc(Br)c1OCC(=O)Nc1ccc(C)cc1. The number of carbonyl (C=O) groups is 3. The monoisotopic (exact) mass is 586 g/mol. The number of imide groups is 1. The third kappa shape index (κ3) is 5.92. The lowest BCUT2D eigenvalue weighted by atomic mass is 10.1. The van der Waals surface area contributed by atoms with Crippen LogP contribution in [0.3, 0.4) is 0 Å². The Hall–Kier alpha value is -3.27. The molecular weight excluding hydrogens is 568 g/mol. The third-order valence-electron chi connectivity index (χ3n) is 5.11. The molecule has 0 unspecified atom stereocenters. The van der Waals surface area contributed by atoms with Gasteiger partial charge in [0.2, 0.25) is 0 Å². The second-order valence-corrected chi connectivity index (χ2v) is 10.0. The van der Waals surface area contributed by atoms with Crippen molar-refractivity contribution in [2.24, 2.45) is 0 Å². The molecule has 10 heteroatoms. The van der Waals surface area contributed by atoms with Crippen LogP contribution >= 0.6 is 39.3 Å². The minimum absolute atomic E-state index is 0.234. The summed E-state index contributed by atoms with van der Waals surface area (Å²) in [7, 11) is 1.47. The summed E-state index contributed by atoms with van der Waals surface area (Å²) < 4.78 is 11.7. The maximum Gasteiger partial charge on any atom is 0.298 e. The minimum atomic E-state index is -0.435. The van der Waals surface area contributed by atoms with Gasteiger partial charge in [-0.2, -0.15) is 0 Å². The Labute approximate surface area is 225 Å². The summed E-state index contributed by atoms with van der Waals surface area (Å²) in [6.07, 6.45) is 1.60. The van der Waals surface area contributed by atoms with Crippen molar-refractivity contribution in [2.75, 3.05) is 23.9 Å². The van der Waals surface area contributed by atoms with Crippen molar-refractivity contribution in [1.82, 2.24) is 0 Å². The van der Waals surface area contributed by atoms with E-state index in [2.05, 4.69) is 21.2 Å². The molecule has 0 atom stereocenters. The molecular formula is C26H20BrClN2O5S. The van der Waals surface area contributed by atoms with E-state index in [0.717, 1.165) is 22.2 Å². The number of carbonyl (C=O) groups excluding carboxylic acids is 3. The fourth-order valence-electron chi connectivity index (χ4n) is 3.37. The summed E-state index contributed by atoms with van der Waals surface area (Å²) in [5.41, 5.74) is 2.81. The Morgan fingerprint density at radius 3 is 2.47 bits per heavy atom. The molecule has 184 valence electrons. The maximum atomic E-state index is 12.9. The van der Waals surface area contributed by atoms with Crippen LogP contribution in [0.1, 0.15) is 11.1 Å². The van der Waals surface area contributed by atoms with Crippen LogP contribution < -0.4 is 19.7 Å². The van der Waals surface area contributed by atoms with Gasteiger partial charge in [-0.15, -0.1) is 0 Å². The molecule has 0 aliphatic carbocycles. The molecule has 3 aromatic rings. The van der Waals surface area contributed by atoms with Gasteiger partial charge >= 0.3 is 0 Å². The molecule has 1 fully saturated rings. The number of rotatable bonds is 7. The average molecular weight is 588 g/mol. The Bertz CT molecular complexity index is 1360. The number of nitrogens with zero attached hydrogens (tertiary/aromatic N) is 1. The van der Waals surface area contributed by atoms with Crippen molar-refractivity contribution in [3.63, 3.8) is 0 Å². The van der Waals surface area contributed by atoms with Crippen LogP contribution in [0.2, 0.25) is 5.02 Å². The summed E-state index contributed by atoms with van der Waals surface area (Å²) >= 11 is 10.2. The largest absolute Gasteiger partial charge is 0.493 e. The molecule has 7 nitrogen and oxygen atoms in total. The number of anilines is 2. The lowest BCUT2D eigenvalue weighted by Gasteiger charge is -2.14. The second-order valence-electron chi connectivity index (χ2n) is 7.73. The summed E-state index contributed by atoms with van der Waals surface area (Å²) in [5, 5.41) is 2.88. The van der Waals surface area contributed by atoms with Crippen LogP contribution in [0.15, 0.2) is 70.0 Å². The summed E-state index contributed by atoms with van der Waals surface area (Å²) in [6, 6.07) is 17.3. The highest BCUT2D eigenvalue weighted by atomic mass is 79.9. The number of methoxy groups -OCH3 is 1. The van der Waals surface area contributed by atoms with E-state index < -0.39 is 11.1 Å². The van der Waals surface area contributed by atoms with E-state index >= 15 is 0 Å². The molecule has 0 radical (unpaired) electrons. The van der Waals surface area contributed by atoms with Crippen molar-refractivity contribution < 1.29 is 23.9 Å². The molecule has 0 aromatic heterocycles. The van der Waals surface area contributed by atoms with Gasteiger partial charge in [0.1, 0.15) is 0 Å². The number of nitrogens with one attached hydrogen (secondary N) is 1.